The molecule has 0 bridgehead atoms. The Morgan fingerprint density at radius 2 is 2.67 bits per heavy atom. The van der Waals surface area contributed by atoms with E-state index in [2.05, 4.69) is 16.5 Å². The minimum absolute atomic E-state index is 0.377. The summed E-state index contributed by atoms with van der Waals surface area (Å²) in [6.07, 6.45) is 3.98. The number of amidine groups is 1. The second-order valence-corrected chi connectivity index (χ2v) is 1.61. The molecule has 3 heteroatoms. The first-order chi connectivity index (χ1) is 4.33. The number of carbonyl (C=O) groups excluding carboxylic acids is 1. The number of hydrogen-bond acceptors (Lipinski definition) is 3. The van der Waals surface area contributed by atoms with Crippen LogP contribution < -0.4 is 5.32 Å². The third kappa shape index (κ3) is 1.27. The van der Waals surface area contributed by atoms with E-state index >= 15 is 0 Å². The first-order valence-electron chi connectivity index (χ1n) is 2.48. The standard InChI is InChI=1S/C6H5N2O/c1-5-7-3-2-6(4-9)8-5/h2H,1H3,(H,7,8). The molecule has 3 nitrogen and oxygen atoms in total. The van der Waals surface area contributed by atoms with Gasteiger partial charge >= 0.3 is 0 Å². The van der Waals surface area contributed by atoms with Gasteiger partial charge in [-0.15, -0.1) is 0 Å². The molecule has 0 aliphatic carbocycles. The van der Waals surface area contributed by atoms with Gasteiger partial charge in [-0.05, 0) is 6.92 Å². The molecule has 0 atom stereocenters. The fourth-order valence-corrected chi connectivity index (χ4v) is 0.508. The average Bonchev–Trinajstić information content (AvgIpc) is 1.88. The van der Waals surface area contributed by atoms with Crippen LogP contribution in [0.1, 0.15) is 6.92 Å². The van der Waals surface area contributed by atoms with Crippen molar-refractivity contribution in [1.82, 2.24) is 5.32 Å². The van der Waals surface area contributed by atoms with Crippen LogP contribution in [-0.4, -0.2) is 11.8 Å². The average molecular weight is 121 g/mol. The Hall–Kier alpha value is -1.34. The van der Waals surface area contributed by atoms with E-state index in [-0.39, 0.29) is 0 Å². The Morgan fingerprint density at radius 1 is 1.89 bits per heavy atom. The van der Waals surface area contributed by atoms with Crippen molar-refractivity contribution in [1.29, 1.82) is 0 Å². The molecule has 45 valence electrons. The number of nitrogens with zero attached hydrogens (tertiary/aromatic N) is 1. The Morgan fingerprint density at radius 3 is 3.11 bits per heavy atom. The van der Waals surface area contributed by atoms with Crippen molar-refractivity contribution in [2.75, 3.05) is 0 Å². The first kappa shape index (κ1) is 5.79. The Balaban J connectivity index is 2.85. The quantitative estimate of drug-likeness (QED) is 0.460. The smallest absolute Gasteiger partial charge is 0.150 e. The minimum Gasteiger partial charge on any atom is -0.335 e. The molecule has 0 spiro atoms. The zero-order valence-electron chi connectivity index (χ0n) is 4.93. The van der Waals surface area contributed by atoms with E-state index in [9.17, 15) is 4.79 Å². The van der Waals surface area contributed by atoms with Crippen molar-refractivity contribution in [2.24, 2.45) is 4.99 Å². The largest absolute Gasteiger partial charge is 0.335 e. The van der Waals surface area contributed by atoms with Gasteiger partial charge in [-0.3, -0.25) is 0 Å². The lowest BCUT2D eigenvalue weighted by Gasteiger charge is -2.03. The SMILES string of the molecule is CC1=N[C]=CC(=C=O)N1. The Labute approximate surface area is 52.8 Å². The van der Waals surface area contributed by atoms with Crippen molar-refractivity contribution in [3.63, 3.8) is 0 Å². The summed E-state index contributed by atoms with van der Waals surface area (Å²) in [6.45, 7) is 1.75. The fourth-order valence-electron chi connectivity index (χ4n) is 0.508. The van der Waals surface area contributed by atoms with Gasteiger partial charge in [0.1, 0.15) is 11.5 Å². The lowest BCUT2D eigenvalue weighted by molar-refractivity contribution is 0.566. The lowest BCUT2D eigenvalue weighted by Crippen LogP contribution is -2.20. The first-order valence-corrected chi connectivity index (χ1v) is 2.48. The van der Waals surface area contributed by atoms with Gasteiger partial charge in [-0.25, -0.2) is 9.79 Å². The molecule has 0 aromatic carbocycles. The van der Waals surface area contributed by atoms with E-state index in [1.165, 1.54) is 6.08 Å². The predicted octanol–water partition coefficient (Wildman–Crippen LogP) is 0.0404. The van der Waals surface area contributed by atoms with E-state index in [4.69, 9.17) is 0 Å². The van der Waals surface area contributed by atoms with E-state index in [0.717, 1.165) is 0 Å². The second kappa shape index (κ2) is 2.29. The molecular weight excluding hydrogens is 116 g/mol. The number of nitrogens with one attached hydrogen (secondary N) is 1. The van der Waals surface area contributed by atoms with Gasteiger partial charge in [0.05, 0.1) is 6.20 Å². The monoisotopic (exact) mass is 121 g/mol. The van der Waals surface area contributed by atoms with Crippen LogP contribution in [0.5, 0.6) is 0 Å². The van der Waals surface area contributed by atoms with Crippen LogP contribution in [0.4, 0.5) is 0 Å². The molecule has 0 unspecified atom stereocenters. The molecule has 0 aromatic heterocycles. The molecule has 0 amide bonds. The second-order valence-electron chi connectivity index (χ2n) is 1.61. The zero-order chi connectivity index (χ0) is 6.69. The Kier molecular flexibility index (Phi) is 1.47. The van der Waals surface area contributed by atoms with E-state index in [1.54, 1.807) is 12.9 Å². The molecule has 1 rings (SSSR count). The van der Waals surface area contributed by atoms with Gasteiger partial charge < -0.3 is 5.32 Å². The molecule has 0 saturated heterocycles. The highest BCUT2D eigenvalue weighted by atomic mass is 16.1. The Bertz CT molecular complexity index is 221. The van der Waals surface area contributed by atoms with Gasteiger partial charge in [-0.1, -0.05) is 0 Å². The maximum Gasteiger partial charge on any atom is 0.150 e. The molecule has 1 heterocycles. The van der Waals surface area contributed by atoms with Gasteiger partial charge in [-0.2, -0.15) is 0 Å². The van der Waals surface area contributed by atoms with Crippen molar-refractivity contribution in [3.8, 4) is 0 Å². The van der Waals surface area contributed by atoms with E-state index < -0.39 is 0 Å². The molecule has 0 aromatic rings. The van der Waals surface area contributed by atoms with Crippen molar-refractivity contribution in [3.05, 3.63) is 18.0 Å². The maximum absolute atomic E-state index is 9.95. The van der Waals surface area contributed by atoms with Crippen molar-refractivity contribution < 1.29 is 4.79 Å². The predicted molar refractivity (Wildman–Crippen MR) is 33.3 cm³/mol. The highest BCUT2D eigenvalue weighted by molar-refractivity contribution is 5.85. The summed E-state index contributed by atoms with van der Waals surface area (Å²) in [7, 11) is 0. The number of hydrogen-bond donors (Lipinski definition) is 1. The van der Waals surface area contributed by atoms with Crippen LogP contribution in [0.3, 0.4) is 0 Å². The van der Waals surface area contributed by atoms with Gasteiger partial charge in [0.2, 0.25) is 0 Å². The highest BCUT2D eigenvalue weighted by Gasteiger charge is 1.97. The summed E-state index contributed by atoms with van der Waals surface area (Å²) in [5.74, 6) is 2.35. The summed E-state index contributed by atoms with van der Waals surface area (Å²) < 4.78 is 0. The van der Waals surface area contributed by atoms with Crippen LogP contribution >= 0.6 is 0 Å². The molecule has 1 aliphatic heterocycles. The number of rotatable bonds is 0. The van der Waals surface area contributed by atoms with Crippen LogP contribution in [0.15, 0.2) is 16.8 Å². The minimum atomic E-state index is 0.377. The van der Waals surface area contributed by atoms with Gasteiger partial charge in [0.15, 0.2) is 5.94 Å². The molecule has 1 radical (unpaired) electrons. The summed E-state index contributed by atoms with van der Waals surface area (Å²) in [4.78, 5) is 13.7. The van der Waals surface area contributed by atoms with Gasteiger partial charge in [0.25, 0.3) is 0 Å². The van der Waals surface area contributed by atoms with Crippen LogP contribution in [-0.2, 0) is 4.79 Å². The molecule has 0 saturated carbocycles. The molecule has 1 aliphatic rings. The summed E-state index contributed by atoms with van der Waals surface area (Å²) in [6, 6.07) is 0. The van der Waals surface area contributed by atoms with Crippen molar-refractivity contribution in [2.45, 2.75) is 6.92 Å². The highest BCUT2D eigenvalue weighted by Crippen LogP contribution is 1.92. The van der Waals surface area contributed by atoms with Crippen molar-refractivity contribution >= 4 is 11.8 Å². The topological polar surface area (TPSA) is 41.5 Å². The van der Waals surface area contributed by atoms with E-state index in [1.807, 2.05) is 0 Å². The summed E-state index contributed by atoms with van der Waals surface area (Å²) >= 11 is 0. The molecule has 9 heavy (non-hydrogen) atoms. The van der Waals surface area contributed by atoms with Crippen LogP contribution in [0, 0.1) is 6.20 Å². The van der Waals surface area contributed by atoms with E-state index in [0.29, 0.717) is 11.5 Å². The lowest BCUT2D eigenvalue weighted by atomic mass is 10.4. The third-order valence-corrected chi connectivity index (χ3v) is 0.867. The zero-order valence-corrected chi connectivity index (χ0v) is 4.93. The van der Waals surface area contributed by atoms with Crippen LogP contribution in [0.25, 0.3) is 0 Å². The third-order valence-electron chi connectivity index (χ3n) is 0.867. The normalized spacial score (nSPS) is 16.1. The van der Waals surface area contributed by atoms with Gasteiger partial charge in [0, 0.05) is 6.08 Å². The maximum atomic E-state index is 9.95. The number of allylic oxidation sites excluding steroid dienone is 1. The molecule has 1 N–H and O–H groups in total. The summed E-state index contributed by atoms with van der Waals surface area (Å²) in [5, 5.41) is 2.69. The summed E-state index contributed by atoms with van der Waals surface area (Å²) in [5.41, 5.74) is 0.377. The molecule has 0 fully saturated rings. The van der Waals surface area contributed by atoms with Crippen LogP contribution in [0.2, 0.25) is 0 Å². The number of aliphatic imine (C=N–C) groups is 1. The molecular formula is C6H5N2O. The fraction of sp³-hybridized carbons (Fsp3) is 0.167.